The number of primary amides is 1. The molecule has 1 amide bonds. The third-order valence-corrected chi connectivity index (χ3v) is 4.14. The lowest BCUT2D eigenvalue weighted by atomic mass is 10.3. The summed E-state index contributed by atoms with van der Waals surface area (Å²) in [6, 6.07) is 9.64. The molecular weight excluding hydrogens is 328 g/mol. The molecule has 3 N–H and O–H groups in total. The molecule has 0 bridgehead atoms. The Morgan fingerprint density at radius 1 is 1.21 bits per heavy atom. The van der Waals surface area contributed by atoms with Gasteiger partial charge in [-0.05, 0) is 12.1 Å². The molecule has 0 aliphatic carbocycles. The molecule has 1 fully saturated rings. The van der Waals surface area contributed by atoms with Gasteiger partial charge in [-0.2, -0.15) is 15.0 Å². The number of ether oxygens (including phenoxy) is 1. The van der Waals surface area contributed by atoms with Gasteiger partial charge in [-0.15, -0.1) is 0 Å². The highest BCUT2D eigenvalue weighted by Gasteiger charge is 2.17. The van der Waals surface area contributed by atoms with Crippen molar-refractivity contribution in [2.24, 2.45) is 5.73 Å². The monoisotopic (exact) mass is 346 g/mol. The molecule has 1 saturated heterocycles. The van der Waals surface area contributed by atoms with Crippen molar-refractivity contribution >= 4 is 35.3 Å². The van der Waals surface area contributed by atoms with E-state index in [0.29, 0.717) is 43.4 Å². The molecule has 0 atom stereocenters. The zero-order valence-electron chi connectivity index (χ0n) is 13.0. The van der Waals surface area contributed by atoms with E-state index in [4.69, 9.17) is 10.5 Å². The number of anilines is 3. The largest absolute Gasteiger partial charge is 0.378 e. The predicted molar refractivity (Wildman–Crippen MR) is 92.5 cm³/mol. The number of carbonyl (C=O) groups excluding carboxylic acids is 1. The van der Waals surface area contributed by atoms with Gasteiger partial charge in [0.15, 0.2) is 5.16 Å². The molecular formula is C15H18N6O2S. The number of hydrogen-bond donors (Lipinski definition) is 2. The Morgan fingerprint density at radius 2 is 1.96 bits per heavy atom. The minimum atomic E-state index is -0.411. The summed E-state index contributed by atoms with van der Waals surface area (Å²) >= 11 is 1.20. The van der Waals surface area contributed by atoms with E-state index in [1.807, 2.05) is 35.2 Å². The van der Waals surface area contributed by atoms with E-state index in [2.05, 4.69) is 20.3 Å². The molecule has 2 heterocycles. The average Bonchev–Trinajstić information content (AvgIpc) is 2.61. The minimum absolute atomic E-state index is 0.122. The molecule has 8 nitrogen and oxygen atoms in total. The van der Waals surface area contributed by atoms with Crippen LogP contribution in [0.2, 0.25) is 0 Å². The van der Waals surface area contributed by atoms with E-state index in [1.54, 1.807) is 0 Å². The molecule has 1 aliphatic rings. The Labute approximate surface area is 143 Å². The van der Waals surface area contributed by atoms with Crippen molar-refractivity contribution in [1.29, 1.82) is 0 Å². The Hall–Kier alpha value is -2.39. The SMILES string of the molecule is NC(=O)CSc1nc(Nc2ccccc2)nc(N2CCOCC2)n1. The number of morpholine rings is 1. The first-order chi connectivity index (χ1) is 11.7. The number of thioether (sulfide) groups is 1. The zero-order valence-corrected chi connectivity index (χ0v) is 13.8. The average molecular weight is 346 g/mol. The molecule has 1 aromatic heterocycles. The van der Waals surface area contributed by atoms with E-state index in [9.17, 15) is 4.79 Å². The summed E-state index contributed by atoms with van der Waals surface area (Å²) in [5.41, 5.74) is 6.09. The molecule has 0 spiro atoms. The molecule has 0 saturated carbocycles. The Bertz CT molecular complexity index is 694. The van der Waals surface area contributed by atoms with Gasteiger partial charge in [-0.3, -0.25) is 4.79 Å². The van der Waals surface area contributed by atoms with Crippen LogP contribution in [0.4, 0.5) is 17.6 Å². The van der Waals surface area contributed by atoms with Gasteiger partial charge >= 0.3 is 0 Å². The van der Waals surface area contributed by atoms with Gasteiger partial charge in [-0.25, -0.2) is 0 Å². The Morgan fingerprint density at radius 3 is 2.67 bits per heavy atom. The number of rotatable bonds is 6. The third kappa shape index (κ3) is 4.56. The van der Waals surface area contributed by atoms with Crippen molar-refractivity contribution in [2.45, 2.75) is 5.16 Å². The second-order valence-corrected chi connectivity index (χ2v) is 6.03. The quantitative estimate of drug-likeness (QED) is 0.747. The van der Waals surface area contributed by atoms with Gasteiger partial charge in [0, 0.05) is 18.8 Å². The lowest BCUT2D eigenvalue weighted by molar-refractivity contribution is -0.115. The number of nitrogens with one attached hydrogen (secondary N) is 1. The van der Waals surface area contributed by atoms with Crippen LogP contribution in [0.5, 0.6) is 0 Å². The topological polar surface area (TPSA) is 106 Å². The number of para-hydroxylation sites is 1. The molecule has 3 rings (SSSR count). The number of aromatic nitrogens is 3. The molecule has 1 aromatic carbocycles. The maximum Gasteiger partial charge on any atom is 0.233 e. The smallest absolute Gasteiger partial charge is 0.233 e. The van der Waals surface area contributed by atoms with Gasteiger partial charge in [0.05, 0.1) is 19.0 Å². The Kier molecular flexibility index (Phi) is 5.44. The van der Waals surface area contributed by atoms with Gasteiger partial charge in [0.25, 0.3) is 0 Å². The van der Waals surface area contributed by atoms with Crippen LogP contribution < -0.4 is 16.0 Å². The van der Waals surface area contributed by atoms with Gasteiger partial charge in [0.2, 0.25) is 17.8 Å². The number of carbonyl (C=O) groups is 1. The van der Waals surface area contributed by atoms with Crippen molar-refractivity contribution in [3.05, 3.63) is 30.3 Å². The van der Waals surface area contributed by atoms with E-state index >= 15 is 0 Å². The normalized spacial score (nSPS) is 14.4. The molecule has 24 heavy (non-hydrogen) atoms. The maximum absolute atomic E-state index is 11.0. The number of hydrogen-bond acceptors (Lipinski definition) is 8. The summed E-state index contributed by atoms with van der Waals surface area (Å²) in [5, 5.41) is 3.62. The van der Waals surface area contributed by atoms with Crippen LogP contribution in [0.3, 0.4) is 0 Å². The predicted octanol–water partition coefficient (Wildman–Crippen LogP) is 1.03. The van der Waals surface area contributed by atoms with Gasteiger partial charge < -0.3 is 20.7 Å². The Balaban J connectivity index is 1.85. The highest BCUT2D eigenvalue weighted by atomic mass is 32.2. The van der Waals surface area contributed by atoms with Crippen molar-refractivity contribution < 1.29 is 9.53 Å². The van der Waals surface area contributed by atoms with Crippen LogP contribution >= 0.6 is 11.8 Å². The van der Waals surface area contributed by atoms with Crippen molar-refractivity contribution in [3.63, 3.8) is 0 Å². The van der Waals surface area contributed by atoms with Crippen LogP contribution in [0.15, 0.2) is 35.5 Å². The summed E-state index contributed by atoms with van der Waals surface area (Å²) in [4.78, 5) is 26.3. The first-order valence-electron chi connectivity index (χ1n) is 7.52. The molecule has 0 unspecified atom stereocenters. The van der Waals surface area contributed by atoms with Crippen LogP contribution in [0.1, 0.15) is 0 Å². The van der Waals surface area contributed by atoms with E-state index in [1.165, 1.54) is 11.8 Å². The fourth-order valence-electron chi connectivity index (χ4n) is 2.16. The van der Waals surface area contributed by atoms with Crippen molar-refractivity contribution in [3.8, 4) is 0 Å². The maximum atomic E-state index is 11.0. The first-order valence-corrected chi connectivity index (χ1v) is 8.51. The number of nitrogens with zero attached hydrogens (tertiary/aromatic N) is 4. The minimum Gasteiger partial charge on any atom is -0.378 e. The fraction of sp³-hybridized carbons (Fsp3) is 0.333. The van der Waals surface area contributed by atoms with Crippen LogP contribution in [-0.4, -0.2) is 52.9 Å². The first kappa shape index (κ1) is 16.5. The van der Waals surface area contributed by atoms with E-state index in [0.717, 1.165) is 5.69 Å². The number of nitrogens with two attached hydrogens (primary N) is 1. The molecule has 1 aliphatic heterocycles. The summed E-state index contributed by atoms with van der Waals surface area (Å²) in [7, 11) is 0. The van der Waals surface area contributed by atoms with Crippen molar-refractivity contribution in [2.75, 3.05) is 42.3 Å². The molecule has 2 aromatic rings. The zero-order chi connectivity index (χ0) is 16.8. The summed E-state index contributed by atoms with van der Waals surface area (Å²) in [5.74, 6) is 0.714. The number of amides is 1. The highest BCUT2D eigenvalue weighted by Crippen LogP contribution is 2.21. The second kappa shape index (κ2) is 7.93. The summed E-state index contributed by atoms with van der Waals surface area (Å²) in [6.07, 6.45) is 0. The second-order valence-electron chi connectivity index (χ2n) is 5.09. The summed E-state index contributed by atoms with van der Waals surface area (Å²) < 4.78 is 5.36. The fourth-order valence-corrected chi connectivity index (χ4v) is 2.73. The molecule has 126 valence electrons. The lowest BCUT2D eigenvalue weighted by Gasteiger charge is -2.27. The molecule has 0 radical (unpaired) electrons. The van der Waals surface area contributed by atoms with Gasteiger partial charge in [0.1, 0.15) is 0 Å². The standard InChI is InChI=1S/C15H18N6O2S/c16-12(22)10-24-15-19-13(17-11-4-2-1-3-5-11)18-14(20-15)21-6-8-23-9-7-21/h1-5H,6-10H2,(H2,16,22)(H,17,18,19,20). The van der Waals surface area contributed by atoms with Crippen LogP contribution in [0.25, 0.3) is 0 Å². The van der Waals surface area contributed by atoms with Crippen LogP contribution in [-0.2, 0) is 9.53 Å². The highest BCUT2D eigenvalue weighted by molar-refractivity contribution is 7.99. The summed E-state index contributed by atoms with van der Waals surface area (Å²) in [6.45, 7) is 2.71. The third-order valence-electron chi connectivity index (χ3n) is 3.27. The van der Waals surface area contributed by atoms with Gasteiger partial charge in [-0.1, -0.05) is 30.0 Å². The lowest BCUT2D eigenvalue weighted by Crippen LogP contribution is -2.37. The molecule has 9 heteroatoms. The van der Waals surface area contributed by atoms with E-state index in [-0.39, 0.29) is 5.75 Å². The van der Waals surface area contributed by atoms with E-state index < -0.39 is 5.91 Å². The van der Waals surface area contributed by atoms with Crippen LogP contribution in [0, 0.1) is 0 Å². The number of benzene rings is 1. The van der Waals surface area contributed by atoms with Crippen molar-refractivity contribution in [1.82, 2.24) is 15.0 Å².